The smallest absolute Gasteiger partial charge is 0.246 e. The zero-order valence-corrected chi connectivity index (χ0v) is 17.5. The Morgan fingerprint density at radius 2 is 1.55 bits per heavy atom. The fourth-order valence-corrected chi connectivity index (χ4v) is 3.03. The molecule has 0 unspecified atom stereocenters. The van der Waals surface area contributed by atoms with E-state index in [1.807, 2.05) is 32.9 Å². The molecule has 0 aliphatic carbocycles. The Labute approximate surface area is 171 Å². The minimum absolute atomic E-state index is 0.0442. The molecule has 6 heteroatoms. The van der Waals surface area contributed by atoms with E-state index in [4.69, 9.17) is 0 Å². The van der Waals surface area contributed by atoms with Crippen LogP contribution in [0.15, 0.2) is 42.5 Å². The van der Waals surface area contributed by atoms with Crippen LogP contribution in [0.4, 0.5) is 11.4 Å². The van der Waals surface area contributed by atoms with Crippen LogP contribution in [0.3, 0.4) is 0 Å². The number of amides is 3. The first-order chi connectivity index (χ1) is 13.7. The Hall–Kier alpha value is -3.41. The van der Waals surface area contributed by atoms with Crippen molar-refractivity contribution in [1.82, 2.24) is 4.90 Å². The predicted molar refractivity (Wildman–Crippen MR) is 117 cm³/mol. The number of likely N-dealkylation sites (N-methyl/N-ethyl adjacent to an activating group) is 1. The number of hydrogen-bond acceptors (Lipinski definition) is 3. The molecule has 2 rings (SSSR count). The molecule has 0 bridgehead atoms. The zero-order valence-electron chi connectivity index (χ0n) is 17.5. The van der Waals surface area contributed by atoms with Crippen LogP contribution >= 0.6 is 0 Å². The third kappa shape index (κ3) is 6.60. The van der Waals surface area contributed by atoms with Crippen LogP contribution in [0.2, 0.25) is 0 Å². The highest BCUT2D eigenvalue weighted by molar-refractivity contribution is 5.98. The summed E-state index contributed by atoms with van der Waals surface area (Å²) in [6.07, 6.45) is 3.09. The molecule has 2 aromatic carbocycles. The molecule has 6 nitrogen and oxygen atoms in total. The molecule has 2 aromatic rings. The summed E-state index contributed by atoms with van der Waals surface area (Å²) >= 11 is 0. The van der Waals surface area contributed by atoms with Gasteiger partial charge in [0.15, 0.2) is 0 Å². The second kappa shape index (κ2) is 9.68. The lowest BCUT2D eigenvalue weighted by Gasteiger charge is -2.17. The molecule has 0 fully saturated rings. The summed E-state index contributed by atoms with van der Waals surface area (Å²) in [6.45, 7) is 7.31. The number of hydrogen-bond donors (Lipinski definition) is 2. The standard InChI is InChI=1S/C23H27N3O3/c1-15-12-16(2)23(17(3)13-15)25-21(28)14-26(5)22(29)11-8-19-6-9-20(10-7-19)24-18(4)27/h6-13H,14H2,1-5H3,(H,24,27)(H,25,28)/b11-8+. The lowest BCUT2D eigenvalue weighted by Crippen LogP contribution is -2.34. The maximum atomic E-state index is 12.4. The monoisotopic (exact) mass is 393 g/mol. The van der Waals surface area contributed by atoms with Crippen molar-refractivity contribution in [3.63, 3.8) is 0 Å². The molecule has 0 aliphatic rings. The average molecular weight is 393 g/mol. The first kappa shape index (κ1) is 21.9. The molecule has 0 aromatic heterocycles. The Kier molecular flexibility index (Phi) is 7.31. The first-order valence-electron chi connectivity index (χ1n) is 9.34. The van der Waals surface area contributed by atoms with Crippen LogP contribution in [0.25, 0.3) is 6.08 Å². The van der Waals surface area contributed by atoms with Gasteiger partial charge in [0.1, 0.15) is 0 Å². The Bertz CT molecular complexity index is 923. The van der Waals surface area contributed by atoms with Gasteiger partial charge in [-0.1, -0.05) is 29.8 Å². The summed E-state index contributed by atoms with van der Waals surface area (Å²) in [5.41, 5.74) is 5.42. The maximum absolute atomic E-state index is 12.4. The van der Waals surface area contributed by atoms with Gasteiger partial charge < -0.3 is 15.5 Å². The summed E-state index contributed by atoms with van der Waals surface area (Å²) in [5, 5.41) is 5.58. The second-order valence-corrected chi connectivity index (χ2v) is 7.15. The highest BCUT2D eigenvalue weighted by Crippen LogP contribution is 2.21. The Morgan fingerprint density at radius 3 is 2.10 bits per heavy atom. The van der Waals surface area contributed by atoms with E-state index in [0.717, 1.165) is 27.9 Å². The third-order valence-electron chi connectivity index (χ3n) is 4.35. The molecular formula is C23H27N3O3. The molecule has 0 saturated carbocycles. The SMILES string of the molecule is CC(=O)Nc1ccc(/C=C/C(=O)N(C)CC(=O)Nc2c(C)cc(C)cc2C)cc1. The van der Waals surface area contributed by atoms with E-state index in [1.165, 1.54) is 17.9 Å². The second-order valence-electron chi connectivity index (χ2n) is 7.15. The van der Waals surface area contributed by atoms with Gasteiger partial charge in [0.05, 0.1) is 6.54 Å². The molecule has 0 aliphatic heterocycles. The van der Waals surface area contributed by atoms with Gasteiger partial charge in [0.2, 0.25) is 17.7 Å². The van der Waals surface area contributed by atoms with E-state index in [-0.39, 0.29) is 24.3 Å². The molecular weight excluding hydrogens is 366 g/mol. The number of rotatable bonds is 6. The minimum Gasteiger partial charge on any atom is -0.333 e. The van der Waals surface area contributed by atoms with Crippen molar-refractivity contribution in [3.05, 3.63) is 64.7 Å². The molecule has 29 heavy (non-hydrogen) atoms. The molecule has 0 radical (unpaired) electrons. The van der Waals surface area contributed by atoms with Gasteiger partial charge in [-0.2, -0.15) is 0 Å². The predicted octanol–water partition coefficient (Wildman–Crippen LogP) is 3.68. The number of nitrogens with one attached hydrogen (secondary N) is 2. The quantitative estimate of drug-likeness (QED) is 0.735. The third-order valence-corrected chi connectivity index (χ3v) is 4.35. The molecule has 3 amide bonds. The van der Waals surface area contributed by atoms with Crippen molar-refractivity contribution in [2.24, 2.45) is 0 Å². The molecule has 152 valence electrons. The lowest BCUT2D eigenvalue weighted by molar-refractivity contribution is -0.129. The van der Waals surface area contributed by atoms with E-state index in [2.05, 4.69) is 10.6 Å². The van der Waals surface area contributed by atoms with Crippen molar-refractivity contribution in [3.8, 4) is 0 Å². The van der Waals surface area contributed by atoms with Crippen molar-refractivity contribution < 1.29 is 14.4 Å². The molecule has 2 N–H and O–H groups in total. The van der Waals surface area contributed by atoms with Gasteiger partial charge >= 0.3 is 0 Å². The number of nitrogens with zero attached hydrogens (tertiary/aromatic N) is 1. The molecule has 0 atom stereocenters. The van der Waals surface area contributed by atoms with Crippen LogP contribution < -0.4 is 10.6 Å². The summed E-state index contributed by atoms with van der Waals surface area (Å²) in [5.74, 6) is -0.660. The number of carbonyl (C=O) groups is 3. The van der Waals surface area contributed by atoms with Gasteiger partial charge in [-0.25, -0.2) is 0 Å². The first-order valence-corrected chi connectivity index (χ1v) is 9.34. The van der Waals surface area contributed by atoms with Gasteiger partial charge in [-0.05, 0) is 55.7 Å². The van der Waals surface area contributed by atoms with E-state index >= 15 is 0 Å². The van der Waals surface area contributed by atoms with E-state index in [1.54, 1.807) is 37.4 Å². The van der Waals surface area contributed by atoms with E-state index in [9.17, 15) is 14.4 Å². The summed E-state index contributed by atoms with van der Waals surface area (Å²) in [4.78, 5) is 37.0. The lowest BCUT2D eigenvalue weighted by atomic mass is 10.1. The van der Waals surface area contributed by atoms with Gasteiger partial charge in [-0.3, -0.25) is 14.4 Å². The maximum Gasteiger partial charge on any atom is 0.246 e. The van der Waals surface area contributed by atoms with Gasteiger partial charge in [0, 0.05) is 31.4 Å². The number of aryl methyl sites for hydroxylation is 3. The van der Waals surface area contributed by atoms with E-state index < -0.39 is 0 Å². The van der Waals surface area contributed by atoms with Gasteiger partial charge in [0.25, 0.3) is 0 Å². The number of benzene rings is 2. The topological polar surface area (TPSA) is 78.5 Å². The van der Waals surface area contributed by atoms with Crippen molar-refractivity contribution in [2.45, 2.75) is 27.7 Å². The molecule has 0 heterocycles. The largest absolute Gasteiger partial charge is 0.333 e. The fraction of sp³-hybridized carbons (Fsp3) is 0.261. The Morgan fingerprint density at radius 1 is 0.966 bits per heavy atom. The van der Waals surface area contributed by atoms with Crippen molar-refractivity contribution in [1.29, 1.82) is 0 Å². The summed E-state index contributed by atoms with van der Waals surface area (Å²) in [7, 11) is 1.58. The van der Waals surface area contributed by atoms with Crippen LogP contribution in [-0.4, -0.2) is 36.2 Å². The van der Waals surface area contributed by atoms with Crippen LogP contribution in [-0.2, 0) is 14.4 Å². The van der Waals surface area contributed by atoms with Crippen LogP contribution in [0.1, 0.15) is 29.2 Å². The Balaban J connectivity index is 1.93. The average Bonchev–Trinajstić information content (AvgIpc) is 2.63. The highest BCUT2D eigenvalue weighted by atomic mass is 16.2. The highest BCUT2D eigenvalue weighted by Gasteiger charge is 2.13. The normalized spacial score (nSPS) is 10.7. The number of carbonyl (C=O) groups excluding carboxylic acids is 3. The number of anilines is 2. The molecule has 0 saturated heterocycles. The van der Waals surface area contributed by atoms with Crippen LogP contribution in [0.5, 0.6) is 0 Å². The zero-order chi connectivity index (χ0) is 21.6. The summed E-state index contributed by atoms with van der Waals surface area (Å²) in [6, 6.07) is 11.1. The van der Waals surface area contributed by atoms with Crippen LogP contribution in [0, 0.1) is 20.8 Å². The minimum atomic E-state index is -0.275. The molecule has 0 spiro atoms. The van der Waals surface area contributed by atoms with Gasteiger partial charge in [-0.15, -0.1) is 0 Å². The van der Waals surface area contributed by atoms with Crippen molar-refractivity contribution in [2.75, 3.05) is 24.2 Å². The summed E-state index contributed by atoms with van der Waals surface area (Å²) < 4.78 is 0. The van der Waals surface area contributed by atoms with E-state index in [0.29, 0.717) is 5.69 Å². The fourth-order valence-electron chi connectivity index (χ4n) is 3.03. The van der Waals surface area contributed by atoms with Crippen molar-refractivity contribution >= 4 is 35.2 Å².